The Balaban J connectivity index is 1.52. The molecule has 0 radical (unpaired) electrons. The highest BCUT2D eigenvalue weighted by molar-refractivity contribution is 6.07. The van der Waals surface area contributed by atoms with Crippen LogP contribution in [0.15, 0.2) is 30.3 Å². The lowest BCUT2D eigenvalue weighted by Gasteiger charge is -2.42. The van der Waals surface area contributed by atoms with Crippen LogP contribution in [0.4, 0.5) is 4.79 Å². The summed E-state index contributed by atoms with van der Waals surface area (Å²) in [5, 5.41) is 0. The SMILES string of the molecule is CCN1C(=O)N(Cc2ccccc2)C2(CCN(C(=O)C3CCN(C)C3)CC2)C1=O. The fourth-order valence-corrected chi connectivity index (χ4v) is 5.02. The van der Waals surface area contributed by atoms with E-state index in [2.05, 4.69) is 4.90 Å². The Morgan fingerprint density at radius 3 is 2.38 bits per heavy atom. The standard InChI is InChI=1S/C22H30N4O3/c1-3-25-20(28)22(26(21(25)29)15-17-7-5-4-6-8-17)10-13-24(14-11-22)19(27)18-9-12-23(2)16-18/h4-8,18H,3,9-16H2,1-2H3. The molecule has 3 fully saturated rings. The Morgan fingerprint density at radius 2 is 1.79 bits per heavy atom. The first-order valence-corrected chi connectivity index (χ1v) is 10.6. The lowest BCUT2D eigenvalue weighted by atomic mass is 9.85. The van der Waals surface area contributed by atoms with Crippen LogP contribution in [-0.2, 0) is 16.1 Å². The average Bonchev–Trinajstić information content (AvgIpc) is 3.25. The van der Waals surface area contributed by atoms with E-state index < -0.39 is 5.54 Å². The van der Waals surface area contributed by atoms with E-state index in [-0.39, 0.29) is 23.8 Å². The average molecular weight is 399 g/mol. The summed E-state index contributed by atoms with van der Waals surface area (Å²) in [6.45, 7) is 5.46. The fraction of sp³-hybridized carbons (Fsp3) is 0.591. The second-order valence-corrected chi connectivity index (χ2v) is 8.51. The Labute approximate surface area is 172 Å². The smallest absolute Gasteiger partial charge is 0.327 e. The van der Waals surface area contributed by atoms with Crippen molar-refractivity contribution in [2.45, 2.75) is 38.3 Å². The van der Waals surface area contributed by atoms with E-state index in [1.165, 1.54) is 4.90 Å². The maximum atomic E-state index is 13.3. The van der Waals surface area contributed by atoms with Crippen LogP contribution in [0.25, 0.3) is 0 Å². The van der Waals surface area contributed by atoms with Crippen LogP contribution in [0.3, 0.4) is 0 Å². The predicted octanol–water partition coefficient (Wildman–Crippen LogP) is 1.78. The number of hydrogen-bond donors (Lipinski definition) is 0. The van der Waals surface area contributed by atoms with Crippen molar-refractivity contribution < 1.29 is 14.4 Å². The highest BCUT2D eigenvalue weighted by Crippen LogP contribution is 2.38. The first-order chi connectivity index (χ1) is 14.0. The largest absolute Gasteiger partial charge is 0.342 e. The summed E-state index contributed by atoms with van der Waals surface area (Å²) in [5.74, 6) is 0.152. The molecule has 7 heteroatoms. The molecule has 0 N–H and O–H groups in total. The second kappa shape index (κ2) is 7.78. The molecule has 1 unspecified atom stereocenters. The van der Waals surface area contributed by atoms with Gasteiger partial charge in [-0.1, -0.05) is 30.3 Å². The van der Waals surface area contributed by atoms with Gasteiger partial charge < -0.3 is 14.7 Å². The summed E-state index contributed by atoms with van der Waals surface area (Å²) in [4.78, 5) is 46.4. The summed E-state index contributed by atoms with van der Waals surface area (Å²) in [6, 6.07) is 9.59. The van der Waals surface area contributed by atoms with Gasteiger partial charge in [-0.2, -0.15) is 0 Å². The molecule has 0 aliphatic carbocycles. The maximum Gasteiger partial charge on any atom is 0.327 e. The zero-order chi connectivity index (χ0) is 20.6. The van der Waals surface area contributed by atoms with E-state index >= 15 is 0 Å². The number of urea groups is 1. The van der Waals surface area contributed by atoms with E-state index in [0.717, 1.165) is 25.1 Å². The van der Waals surface area contributed by atoms with E-state index in [4.69, 9.17) is 0 Å². The van der Waals surface area contributed by atoms with Gasteiger partial charge in [-0.05, 0) is 45.3 Å². The summed E-state index contributed by atoms with van der Waals surface area (Å²) in [7, 11) is 2.04. The van der Waals surface area contributed by atoms with Gasteiger partial charge in [0.1, 0.15) is 5.54 Å². The van der Waals surface area contributed by atoms with Gasteiger partial charge in [0, 0.05) is 32.7 Å². The lowest BCUT2D eigenvalue weighted by Crippen LogP contribution is -2.57. The Bertz CT molecular complexity index is 789. The Kier molecular flexibility index (Phi) is 5.34. The normalized spacial score (nSPS) is 24.8. The minimum atomic E-state index is -0.827. The Hall–Kier alpha value is -2.41. The molecule has 1 spiro atoms. The fourth-order valence-electron chi connectivity index (χ4n) is 5.02. The summed E-state index contributed by atoms with van der Waals surface area (Å²) in [5.41, 5.74) is 0.185. The molecule has 4 rings (SSSR count). The summed E-state index contributed by atoms with van der Waals surface area (Å²) < 4.78 is 0. The van der Waals surface area contributed by atoms with Crippen LogP contribution in [0, 0.1) is 5.92 Å². The number of benzene rings is 1. The quantitative estimate of drug-likeness (QED) is 0.726. The van der Waals surface area contributed by atoms with E-state index in [9.17, 15) is 14.4 Å². The van der Waals surface area contributed by atoms with Gasteiger partial charge in [0.25, 0.3) is 5.91 Å². The van der Waals surface area contributed by atoms with Crippen LogP contribution in [0.1, 0.15) is 31.7 Å². The van der Waals surface area contributed by atoms with Gasteiger partial charge in [0.05, 0.1) is 5.92 Å². The van der Waals surface area contributed by atoms with Crippen LogP contribution in [0.2, 0.25) is 0 Å². The molecule has 156 valence electrons. The summed E-state index contributed by atoms with van der Waals surface area (Å²) >= 11 is 0. The van der Waals surface area contributed by atoms with Gasteiger partial charge in [-0.3, -0.25) is 14.5 Å². The molecule has 0 aromatic heterocycles. The number of hydrogen-bond acceptors (Lipinski definition) is 4. The molecule has 0 bridgehead atoms. The molecule has 4 amide bonds. The molecule has 3 aliphatic rings. The first kappa shape index (κ1) is 19.9. The minimum absolute atomic E-state index is 0.0579. The van der Waals surface area contributed by atoms with Crippen LogP contribution >= 0.6 is 0 Å². The van der Waals surface area contributed by atoms with Crippen molar-refractivity contribution >= 4 is 17.8 Å². The third-order valence-electron chi connectivity index (χ3n) is 6.76. The number of carbonyl (C=O) groups is 3. The predicted molar refractivity (Wildman–Crippen MR) is 109 cm³/mol. The molecular weight excluding hydrogens is 368 g/mol. The van der Waals surface area contributed by atoms with Crippen molar-refractivity contribution in [3.63, 3.8) is 0 Å². The molecule has 3 heterocycles. The molecule has 7 nitrogen and oxygen atoms in total. The molecule has 3 saturated heterocycles. The molecule has 0 saturated carbocycles. The van der Waals surface area contributed by atoms with Crippen molar-refractivity contribution in [3.8, 4) is 0 Å². The number of piperidine rings is 1. The molecule has 29 heavy (non-hydrogen) atoms. The molecular formula is C22H30N4O3. The van der Waals surface area contributed by atoms with E-state index in [1.807, 2.05) is 49.2 Å². The summed E-state index contributed by atoms with van der Waals surface area (Å²) in [6.07, 6.45) is 1.92. The third-order valence-corrected chi connectivity index (χ3v) is 6.76. The number of likely N-dealkylation sites (N-methyl/N-ethyl adjacent to an activating group) is 1. The highest BCUT2D eigenvalue weighted by Gasteiger charge is 2.57. The molecule has 1 atom stereocenters. The molecule has 1 aromatic carbocycles. The van der Waals surface area contributed by atoms with Gasteiger partial charge >= 0.3 is 6.03 Å². The minimum Gasteiger partial charge on any atom is -0.342 e. The van der Waals surface area contributed by atoms with Gasteiger partial charge in [-0.25, -0.2) is 4.79 Å². The zero-order valence-corrected chi connectivity index (χ0v) is 17.3. The van der Waals surface area contributed by atoms with Crippen molar-refractivity contribution in [1.29, 1.82) is 0 Å². The first-order valence-electron chi connectivity index (χ1n) is 10.6. The highest BCUT2D eigenvalue weighted by atomic mass is 16.2. The topological polar surface area (TPSA) is 64.2 Å². The zero-order valence-electron chi connectivity index (χ0n) is 17.3. The third kappa shape index (κ3) is 3.41. The number of likely N-dealkylation sites (tertiary alicyclic amines) is 2. The lowest BCUT2D eigenvalue weighted by molar-refractivity contribution is -0.143. The number of imide groups is 1. The van der Waals surface area contributed by atoms with Crippen molar-refractivity contribution in [2.24, 2.45) is 5.92 Å². The second-order valence-electron chi connectivity index (χ2n) is 8.51. The molecule has 1 aromatic rings. The van der Waals surface area contributed by atoms with E-state index in [0.29, 0.717) is 39.0 Å². The number of nitrogens with zero attached hydrogens (tertiary/aromatic N) is 4. The van der Waals surface area contributed by atoms with Crippen molar-refractivity contribution in [1.82, 2.24) is 19.6 Å². The van der Waals surface area contributed by atoms with Crippen molar-refractivity contribution in [2.75, 3.05) is 39.8 Å². The van der Waals surface area contributed by atoms with Crippen LogP contribution < -0.4 is 0 Å². The maximum absolute atomic E-state index is 13.3. The number of carbonyl (C=O) groups excluding carboxylic acids is 3. The number of rotatable bonds is 4. The van der Waals surface area contributed by atoms with Gasteiger partial charge in [0.15, 0.2) is 0 Å². The monoisotopic (exact) mass is 398 g/mol. The van der Waals surface area contributed by atoms with Gasteiger partial charge in [0.2, 0.25) is 5.91 Å². The van der Waals surface area contributed by atoms with Crippen LogP contribution in [0.5, 0.6) is 0 Å². The van der Waals surface area contributed by atoms with Crippen LogP contribution in [-0.4, -0.2) is 82.8 Å². The van der Waals surface area contributed by atoms with E-state index in [1.54, 1.807) is 4.90 Å². The van der Waals surface area contributed by atoms with Crippen molar-refractivity contribution in [3.05, 3.63) is 35.9 Å². The number of amides is 4. The van der Waals surface area contributed by atoms with Gasteiger partial charge in [-0.15, -0.1) is 0 Å². The Morgan fingerprint density at radius 1 is 1.10 bits per heavy atom. The molecule has 3 aliphatic heterocycles.